The van der Waals surface area contributed by atoms with Crippen molar-refractivity contribution < 1.29 is 18.7 Å². The van der Waals surface area contributed by atoms with Crippen LogP contribution in [-0.2, 0) is 14.3 Å². The number of halogens is 2. The number of benzene rings is 1. The van der Waals surface area contributed by atoms with Gasteiger partial charge in [0.1, 0.15) is 11.1 Å². The number of esters is 1. The molecule has 1 amide bonds. The molecule has 2 unspecified atom stereocenters. The summed E-state index contributed by atoms with van der Waals surface area (Å²) >= 11 is 7.44. The maximum atomic E-state index is 14.3. The van der Waals surface area contributed by atoms with Gasteiger partial charge in [0.2, 0.25) is 5.91 Å². The van der Waals surface area contributed by atoms with Crippen LogP contribution in [0.15, 0.2) is 17.0 Å². The Morgan fingerprint density at radius 3 is 2.57 bits per heavy atom. The Labute approximate surface area is 176 Å². The van der Waals surface area contributed by atoms with E-state index >= 15 is 0 Å². The molecule has 2 atom stereocenters. The van der Waals surface area contributed by atoms with Crippen LogP contribution in [0.2, 0.25) is 5.02 Å². The first-order valence-electron chi connectivity index (χ1n) is 9.94. The molecule has 0 aliphatic rings. The van der Waals surface area contributed by atoms with Gasteiger partial charge in [-0.05, 0) is 30.9 Å². The van der Waals surface area contributed by atoms with E-state index in [0.717, 1.165) is 25.7 Å². The highest BCUT2D eigenvalue weighted by atomic mass is 35.5. The number of carbonyl (C=O) groups excluding carboxylic acids is 2. The summed E-state index contributed by atoms with van der Waals surface area (Å²) in [4.78, 5) is 25.0. The van der Waals surface area contributed by atoms with Crippen molar-refractivity contribution in [2.45, 2.75) is 76.4 Å². The van der Waals surface area contributed by atoms with Crippen LogP contribution in [0, 0.1) is 11.7 Å². The standard InChI is InChI=1S/C21H31ClFNO3S/c1-5-8-10-27-21(26)18(9-6-2)28-19-13-17(16(23)12-15(19)22)24-20(25)11-14(4)7-3/h12-14,18H,5-11H2,1-4H3,(H,24,25). The maximum absolute atomic E-state index is 14.3. The van der Waals surface area contributed by atoms with E-state index in [2.05, 4.69) is 5.32 Å². The third-order valence-corrected chi connectivity index (χ3v) is 6.08. The van der Waals surface area contributed by atoms with E-state index in [4.69, 9.17) is 16.3 Å². The molecular weight excluding hydrogens is 401 g/mol. The Balaban J connectivity index is 2.92. The van der Waals surface area contributed by atoms with Crippen molar-refractivity contribution in [3.8, 4) is 0 Å². The van der Waals surface area contributed by atoms with E-state index < -0.39 is 11.1 Å². The van der Waals surface area contributed by atoms with Crippen LogP contribution in [0.4, 0.5) is 10.1 Å². The molecule has 1 rings (SSSR count). The Morgan fingerprint density at radius 1 is 1.25 bits per heavy atom. The van der Waals surface area contributed by atoms with Gasteiger partial charge in [0.25, 0.3) is 0 Å². The zero-order valence-electron chi connectivity index (χ0n) is 17.1. The molecule has 1 aromatic carbocycles. The minimum Gasteiger partial charge on any atom is -0.465 e. The fourth-order valence-electron chi connectivity index (χ4n) is 2.43. The molecule has 158 valence electrons. The molecule has 0 saturated carbocycles. The predicted molar refractivity (Wildman–Crippen MR) is 115 cm³/mol. The molecule has 0 spiro atoms. The molecule has 0 fully saturated rings. The zero-order chi connectivity index (χ0) is 21.1. The third-order valence-electron chi connectivity index (χ3n) is 4.35. The molecule has 0 aliphatic heterocycles. The lowest BCUT2D eigenvalue weighted by Gasteiger charge is -2.17. The summed E-state index contributed by atoms with van der Waals surface area (Å²) in [5, 5.41) is 2.41. The number of carbonyl (C=O) groups is 2. The minimum atomic E-state index is -0.593. The second kappa shape index (κ2) is 13.0. The van der Waals surface area contributed by atoms with Crippen molar-refractivity contribution in [2.75, 3.05) is 11.9 Å². The minimum absolute atomic E-state index is 0.0785. The fraction of sp³-hybridized carbons (Fsp3) is 0.619. The smallest absolute Gasteiger partial charge is 0.319 e. The third kappa shape index (κ3) is 8.39. The van der Waals surface area contributed by atoms with Crippen LogP contribution in [0.25, 0.3) is 0 Å². The van der Waals surface area contributed by atoms with Gasteiger partial charge >= 0.3 is 5.97 Å². The molecule has 0 aliphatic carbocycles. The van der Waals surface area contributed by atoms with E-state index in [9.17, 15) is 14.0 Å². The number of hydrogen-bond acceptors (Lipinski definition) is 4. The lowest BCUT2D eigenvalue weighted by atomic mass is 10.1. The van der Waals surface area contributed by atoms with Gasteiger partial charge in [-0.3, -0.25) is 9.59 Å². The van der Waals surface area contributed by atoms with Gasteiger partial charge in [-0.2, -0.15) is 0 Å². The SMILES string of the molecule is CCCCOC(=O)C(CCC)Sc1cc(NC(=O)CC(C)CC)c(F)cc1Cl. The summed E-state index contributed by atoms with van der Waals surface area (Å²) in [5.41, 5.74) is 0.0785. The number of anilines is 1. The highest BCUT2D eigenvalue weighted by Gasteiger charge is 2.23. The predicted octanol–water partition coefficient (Wildman–Crippen LogP) is 6.46. The highest BCUT2D eigenvalue weighted by molar-refractivity contribution is 8.00. The van der Waals surface area contributed by atoms with Gasteiger partial charge in [0.05, 0.1) is 17.3 Å². The van der Waals surface area contributed by atoms with Gasteiger partial charge in [-0.1, -0.05) is 58.6 Å². The molecule has 1 aromatic rings. The average molecular weight is 432 g/mol. The first-order valence-corrected chi connectivity index (χ1v) is 11.2. The summed E-state index contributed by atoms with van der Waals surface area (Å²) < 4.78 is 19.6. The first kappa shape index (κ1) is 24.8. The quantitative estimate of drug-likeness (QED) is 0.234. The van der Waals surface area contributed by atoms with Crippen molar-refractivity contribution in [1.82, 2.24) is 0 Å². The molecule has 4 nitrogen and oxygen atoms in total. The monoisotopic (exact) mass is 431 g/mol. The fourth-order valence-corrected chi connectivity index (χ4v) is 3.89. The van der Waals surface area contributed by atoms with Crippen LogP contribution < -0.4 is 5.32 Å². The van der Waals surface area contributed by atoms with Gasteiger partial charge in [0, 0.05) is 11.3 Å². The van der Waals surface area contributed by atoms with Crippen molar-refractivity contribution in [3.63, 3.8) is 0 Å². The number of ether oxygens (including phenoxy) is 1. The molecule has 7 heteroatoms. The van der Waals surface area contributed by atoms with Crippen LogP contribution in [0.1, 0.15) is 66.2 Å². The van der Waals surface area contributed by atoms with Crippen LogP contribution in [0.5, 0.6) is 0 Å². The van der Waals surface area contributed by atoms with Gasteiger partial charge < -0.3 is 10.1 Å². The van der Waals surface area contributed by atoms with Gasteiger partial charge in [0.15, 0.2) is 0 Å². The summed E-state index contributed by atoms with van der Waals surface area (Å²) in [6.07, 6.45) is 4.39. The second-order valence-electron chi connectivity index (χ2n) is 6.94. The first-order chi connectivity index (χ1) is 13.3. The van der Waals surface area contributed by atoms with Crippen molar-refractivity contribution in [2.24, 2.45) is 5.92 Å². The van der Waals surface area contributed by atoms with E-state index in [0.29, 0.717) is 24.3 Å². The van der Waals surface area contributed by atoms with E-state index in [1.807, 2.05) is 27.7 Å². The van der Waals surface area contributed by atoms with E-state index in [-0.39, 0.29) is 28.5 Å². The summed E-state index contributed by atoms with van der Waals surface area (Å²) in [6, 6.07) is 2.67. The second-order valence-corrected chi connectivity index (χ2v) is 8.60. The molecule has 1 N–H and O–H groups in total. The number of unbranched alkanes of at least 4 members (excludes halogenated alkanes) is 1. The Kier molecular flexibility index (Phi) is 11.5. The number of hydrogen-bond donors (Lipinski definition) is 1. The van der Waals surface area contributed by atoms with E-state index in [1.54, 1.807) is 0 Å². The Morgan fingerprint density at radius 2 is 1.96 bits per heavy atom. The van der Waals surface area contributed by atoms with Gasteiger partial charge in [-0.25, -0.2) is 4.39 Å². The number of rotatable bonds is 12. The number of thioether (sulfide) groups is 1. The van der Waals surface area contributed by atoms with E-state index in [1.165, 1.54) is 23.9 Å². The highest BCUT2D eigenvalue weighted by Crippen LogP contribution is 2.36. The number of amides is 1. The topological polar surface area (TPSA) is 55.4 Å². The van der Waals surface area contributed by atoms with Gasteiger partial charge in [-0.15, -0.1) is 11.8 Å². The molecular formula is C21H31ClFNO3S. The molecule has 0 aromatic heterocycles. The largest absolute Gasteiger partial charge is 0.465 e. The van der Waals surface area contributed by atoms with Crippen molar-refractivity contribution in [3.05, 3.63) is 23.0 Å². The van der Waals surface area contributed by atoms with Crippen LogP contribution in [0.3, 0.4) is 0 Å². The lowest BCUT2D eigenvalue weighted by Crippen LogP contribution is -2.21. The molecule has 0 radical (unpaired) electrons. The lowest BCUT2D eigenvalue weighted by molar-refractivity contribution is -0.143. The molecule has 0 saturated heterocycles. The molecule has 0 bridgehead atoms. The van der Waals surface area contributed by atoms with Crippen molar-refractivity contribution >= 4 is 40.9 Å². The zero-order valence-corrected chi connectivity index (χ0v) is 18.7. The number of nitrogens with one attached hydrogen (secondary N) is 1. The molecule has 28 heavy (non-hydrogen) atoms. The summed E-state index contributed by atoms with van der Waals surface area (Å²) in [6.45, 7) is 8.38. The maximum Gasteiger partial charge on any atom is 0.319 e. The van der Waals surface area contributed by atoms with Crippen LogP contribution in [-0.4, -0.2) is 23.7 Å². The normalized spacial score (nSPS) is 13.1. The van der Waals surface area contributed by atoms with Crippen molar-refractivity contribution in [1.29, 1.82) is 0 Å². The summed E-state index contributed by atoms with van der Waals surface area (Å²) in [7, 11) is 0. The van der Waals surface area contributed by atoms with Crippen LogP contribution >= 0.6 is 23.4 Å². The Bertz CT molecular complexity index is 657. The summed E-state index contributed by atoms with van der Waals surface area (Å²) in [5.74, 6) is -0.904. The molecule has 0 heterocycles. The Hall–Kier alpha value is -1.27. The average Bonchev–Trinajstić information content (AvgIpc) is 2.64.